The molecule has 29 heavy (non-hydrogen) atoms. The van der Waals surface area contributed by atoms with E-state index in [9.17, 15) is 4.79 Å². The summed E-state index contributed by atoms with van der Waals surface area (Å²) in [5.41, 5.74) is 6.15. The van der Waals surface area contributed by atoms with E-state index in [1.807, 2.05) is 36.4 Å². The summed E-state index contributed by atoms with van der Waals surface area (Å²) in [5.74, 6) is 0.187. The number of hydrogen-bond donors (Lipinski definition) is 0. The summed E-state index contributed by atoms with van der Waals surface area (Å²) < 4.78 is 2.14. The molecule has 2 aliphatic carbocycles. The van der Waals surface area contributed by atoms with Crippen molar-refractivity contribution in [1.82, 2.24) is 9.55 Å². The van der Waals surface area contributed by atoms with Crippen molar-refractivity contribution in [3.05, 3.63) is 76.7 Å². The van der Waals surface area contributed by atoms with E-state index in [1.54, 1.807) is 11.8 Å². The highest BCUT2D eigenvalue weighted by Crippen LogP contribution is 2.33. The lowest BCUT2D eigenvalue weighted by molar-refractivity contribution is 0.105. The lowest BCUT2D eigenvalue weighted by atomic mass is 9.81. The van der Waals surface area contributed by atoms with E-state index in [4.69, 9.17) is 4.98 Å². The van der Waals surface area contributed by atoms with Gasteiger partial charge in [-0.2, -0.15) is 0 Å². The zero-order valence-corrected chi connectivity index (χ0v) is 16.8. The van der Waals surface area contributed by atoms with Crippen molar-refractivity contribution >= 4 is 40.2 Å². The number of hydrogen-bond acceptors (Lipinski definition) is 3. The molecule has 0 atom stereocenters. The zero-order chi connectivity index (χ0) is 19.5. The van der Waals surface area contributed by atoms with Crippen LogP contribution >= 0.6 is 11.8 Å². The number of imidazole rings is 1. The predicted molar refractivity (Wildman–Crippen MR) is 117 cm³/mol. The minimum atomic E-state index is 0.187. The smallest absolute Gasteiger partial charge is 0.190 e. The van der Waals surface area contributed by atoms with Gasteiger partial charge in [0.1, 0.15) is 0 Å². The second kappa shape index (κ2) is 6.19. The number of nitrogens with zero attached hydrogens (tertiary/aromatic N) is 2. The molecule has 3 nitrogen and oxygen atoms in total. The third kappa shape index (κ3) is 2.39. The van der Waals surface area contributed by atoms with Gasteiger partial charge in [0.15, 0.2) is 10.9 Å². The molecular weight excluding hydrogens is 376 g/mol. The topological polar surface area (TPSA) is 34.9 Å². The number of aryl methyl sites for hydroxylation is 1. The van der Waals surface area contributed by atoms with Crippen molar-refractivity contribution in [1.29, 1.82) is 0 Å². The molecule has 0 aliphatic heterocycles. The SMILES string of the molecule is Cn1c(Sc2ccc3c4c2=CCCC=4C(=O)c2ccccc2-3)nc2ccccc21. The Kier molecular flexibility index (Phi) is 3.59. The molecule has 0 bridgehead atoms. The normalized spacial score (nSPS) is 14.5. The highest BCUT2D eigenvalue weighted by molar-refractivity contribution is 7.99. The largest absolute Gasteiger partial charge is 0.322 e. The molecule has 4 heteroatoms. The monoisotopic (exact) mass is 394 g/mol. The number of para-hydroxylation sites is 2. The van der Waals surface area contributed by atoms with Gasteiger partial charge < -0.3 is 4.57 Å². The molecular formula is C25H18N2OS. The maximum atomic E-state index is 13.2. The van der Waals surface area contributed by atoms with Crippen molar-refractivity contribution in [2.24, 2.45) is 7.05 Å². The van der Waals surface area contributed by atoms with Gasteiger partial charge in [0.25, 0.3) is 0 Å². The minimum absolute atomic E-state index is 0.187. The van der Waals surface area contributed by atoms with Crippen LogP contribution in [0.25, 0.3) is 33.8 Å². The summed E-state index contributed by atoms with van der Waals surface area (Å²) in [4.78, 5) is 19.1. The van der Waals surface area contributed by atoms with Gasteiger partial charge in [-0.15, -0.1) is 0 Å². The van der Waals surface area contributed by atoms with E-state index in [0.29, 0.717) is 0 Å². The van der Waals surface area contributed by atoms with Gasteiger partial charge >= 0.3 is 0 Å². The van der Waals surface area contributed by atoms with Crippen LogP contribution in [-0.4, -0.2) is 15.3 Å². The quantitative estimate of drug-likeness (QED) is 0.508. The molecule has 0 saturated heterocycles. The van der Waals surface area contributed by atoms with Gasteiger partial charge in [0, 0.05) is 23.1 Å². The average molecular weight is 394 g/mol. The molecule has 0 amide bonds. The zero-order valence-electron chi connectivity index (χ0n) is 16.0. The molecule has 3 aromatic carbocycles. The molecule has 1 heterocycles. The number of aromatic nitrogens is 2. The number of benzene rings is 3. The Morgan fingerprint density at radius 2 is 1.72 bits per heavy atom. The van der Waals surface area contributed by atoms with E-state index in [1.165, 1.54) is 10.8 Å². The van der Waals surface area contributed by atoms with Gasteiger partial charge in [-0.1, -0.05) is 60.3 Å². The summed E-state index contributed by atoms with van der Waals surface area (Å²) in [7, 11) is 2.06. The standard InChI is InChI=1S/C25H18N2OS/c1-27-21-12-5-4-11-20(21)26-25(27)29-22-14-13-16-15-7-2-3-8-17(15)24(28)19-10-6-9-18(22)23(16)19/h2-5,7-9,11-14H,6,10H2,1H3. The van der Waals surface area contributed by atoms with Crippen LogP contribution < -0.4 is 10.4 Å². The minimum Gasteiger partial charge on any atom is -0.322 e. The Hall–Kier alpha value is -3.11. The Morgan fingerprint density at radius 3 is 2.59 bits per heavy atom. The van der Waals surface area contributed by atoms with E-state index in [0.717, 1.165) is 55.8 Å². The van der Waals surface area contributed by atoms with E-state index in [2.05, 4.69) is 42.0 Å². The van der Waals surface area contributed by atoms with Crippen LogP contribution in [0.5, 0.6) is 0 Å². The first-order valence-corrected chi connectivity index (χ1v) is 10.6. The summed E-state index contributed by atoms with van der Waals surface area (Å²) in [6.07, 6.45) is 4.00. The summed E-state index contributed by atoms with van der Waals surface area (Å²) >= 11 is 1.68. The Labute approximate surface area is 172 Å². The number of rotatable bonds is 2. The van der Waals surface area contributed by atoms with Gasteiger partial charge in [-0.05, 0) is 52.6 Å². The Balaban J connectivity index is 1.58. The first kappa shape index (κ1) is 16.8. The van der Waals surface area contributed by atoms with Crippen LogP contribution in [0.4, 0.5) is 0 Å². The molecule has 4 aromatic rings. The fourth-order valence-corrected chi connectivity index (χ4v) is 5.55. The lowest BCUT2D eigenvalue weighted by Gasteiger charge is -2.22. The summed E-state index contributed by atoms with van der Waals surface area (Å²) in [6, 6.07) is 20.5. The van der Waals surface area contributed by atoms with Crippen molar-refractivity contribution in [3.63, 3.8) is 0 Å². The first-order chi connectivity index (χ1) is 14.2. The maximum Gasteiger partial charge on any atom is 0.190 e. The molecule has 1 aromatic heterocycles. The third-order valence-electron chi connectivity index (χ3n) is 5.93. The highest BCUT2D eigenvalue weighted by Gasteiger charge is 2.26. The number of fused-ring (bicyclic) bond motifs is 3. The number of ketones is 1. The second-order valence-electron chi connectivity index (χ2n) is 7.54. The van der Waals surface area contributed by atoms with Gasteiger partial charge in [-0.25, -0.2) is 4.98 Å². The van der Waals surface area contributed by atoms with Crippen molar-refractivity contribution in [2.75, 3.05) is 0 Å². The summed E-state index contributed by atoms with van der Waals surface area (Å²) in [6.45, 7) is 0. The second-order valence-corrected chi connectivity index (χ2v) is 8.55. The lowest BCUT2D eigenvalue weighted by Crippen LogP contribution is -2.38. The van der Waals surface area contributed by atoms with Crippen LogP contribution in [0.2, 0.25) is 0 Å². The van der Waals surface area contributed by atoms with E-state index in [-0.39, 0.29) is 5.78 Å². The molecule has 0 saturated carbocycles. The van der Waals surface area contributed by atoms with Gasteiger partial charge in [0.05, 0.1) is 11.0 Å². The summed E-state index contributed by atoms with van der Waals surface area (Å²) in [5, 5.41) is 3.28. The molecule has 0 unspecified atom stereocenters. The number of carbonyl (C=O) groups excluding carboxylic acids is 1. The van der Waals surface area contributed by atoms with Crippen molar-refractivity contribution in [3.8, 4) is 11.1 Å². The van der Waals surface area contributed by atoms with Crippen LogP contribution in [0, 0.1) is 0 Å². The molecule has 2 aliphatic rings. The van der Waals surface area contributed by atoms with E-state index < -0.39 is 0 Å². The molecule has 0 spiro atoms. The van der Waals surface area contributed by atoms with Gasteiger partial charge in [0.2, 0.25) is 0 Å². The first-order valence-electron chi connectivity index (χ1n) is 9.82. The van der Waals surface area contributed by atoms with Crippen LogP contribution in [0.3, 0.4) is 0 Å². The molecule has 140 valence electrons. The van der Waals surface area contributed by atoms with E-state index >= 15 is 0 Å². The van der Waals surface area contributed by atoms with Crippen molar-refractivity contribution in [2.45, 2.75) is 22.9 Å². The Bertz CT molecular complexity index is 1460. The van der Waals surface area contributed by atoms with Crippen LogP contribution in [0.15, 0.2) is 70.7 Å². The molecule has 6 rings (SSSR count). The highest BCUT2D eigenvalue weighted by atomic mass is 32.2. The average Bonchev–Trinajstić information content (AvgIpc) is 3.08. The predicted octanol–water partition coefficient (Wildman–Crippen LogP) is 4.31. The van der Waals surface area contributed by atoms with Crippen LogP contribution in [0.1, 0.15) is 23.2 Å². The number of carbonyl (C=O) groups is 1. The van der Waals surface area contributed by atoms with Gasteiger partial charge in [-0.3, -0.25) is 4.79 Å². The van der Waals surface area contributed by atoms with Crippen LogP contribution in [-0.2, 0) is 7.05 Å². The molecule has 0 fully saturated rings. The molecule has 0 radical (unpaired) electrons. The third-order valence-corrected chi connectivity index (χ3v) is 7.06. The maximum absolute atomic E-state index is 13.2. The van der Waals surface area contributed by atoms with Crippen molar-refractivity contribution < 1.29 is 4.79 Å². The Morgan fingerprint density at radius 1 is 0.931 bits per heavy atom. The molecule has 0 N–H and O–H groups in total. The fourth-order valence-electron chi connectivity index (χ4n) is 4.55. The fraction of sp³-hybridized carbons (Fsp3) is 0.120. The number of Topliss-reactive ketones (excluding diaryl/α,β-unsaturated/α-hetero) is 1.